The van der Waals surface area contributed by atoms with Gasteiger partial charge < -0.3 is 5.11 Å². The van der Waals surface area contributed by atoms with Gasteiger partial charge in [-0.2, -0.15) is 0 Å². The van der Waals surface area contributed by atoms with Crippen molar-refractivity contribution in [3.63, 3.8) is 0 Å². The molecule has 3 unspecified atom stereocenters. The predicted octanol–water partition coefficient (Wildman–Crippen LogP) is 3.99. The topological polar surface area (TPSA) is 20.2 Å². The maximum atomic E-state index is 13.2. The molecule has 1 saturated carbocycles. The Morgan fingerprint density at radius 2 is 2.18 bits per heavy atom. The molecule has 1 aliphatic carbocycles. The predicted molar refractivity (Wildman–Crippen MR) is 67.2 cm³/mol. The second kappa shape index (κ2) is 5.18. The monoisotopic (exact) mass is 236 g/mol. The number of halogens is 1. The molecule has 2 heteroatoms. The highest BCUT2D eigenvalue weighted by Gasteiger charge is 2.30. The van der Waals surface area contributed by atoms with E-state index in [9.17, 15) is 9.50 Å². The molecule has 3 atom stereocenters. The molecule has 0 bridgehead atoms. The molecule has 0 aromatic heterocycles. The fourth-order valence-corrected chi connectivity index (χ4v) is 2.96. The van der Waals surface area contributed by atoms with Crippen molar-refractivity contribution in [3.8, 4) is 0 Å². The normalized spacial score (nSPS) is 26.1. The Labute approximate surface area is 103 Å². The Morgan fingerprint density at radius 1 is 1.41 bits per heavy atom. The number of aliphatic hydroxyl groups excluding tert-OH is 1. The van der Waals surface area contributed by atoms with E-state index in [4.69, 9.17) is 0 Å². The highest BCUT2D eigenvalue weighted by Crippen LogP contribution is 2.41. The van der Waals surface area contributed by atoms with Crippen LogP contribution in [0.2, 0.25) is 0 Å². The molecular weight excluding hydrogens is 215 g/mol. The highest BCUT2D eigenvalue weighted by atomic mass is 19.1. The summed E-state index contributed by atoms with van der Waals surface area (Å²) < 4.78 is 13.2. The first kappa shape index (κ1) is 12.6. The van der Waals surface area contributed by atoms with Crippen LogP contribution in [0.4, 0.5) is 4.39 Å². The van der Waals surface area contributed by atoms with Gasteiger partial charge in [0.1, 0.15) is 5.82 Å². The Balaban J connectivity index is 2.14. The van der Waals surface area contributed by atoms with Gasteiger partial charge in [0.25, 0.3) is 0 Å². The van der Waals surface area contributed by atoms with Crippen molar-refractivity contribution >= 4 is 0 Å². The lowest BCUT2D eigenvalue weighted by molar-refractivity contribution is 0.108. The third kappa shape index (κ3) is 2.68. The summed E-state index contributed by atoms with van der Waals surface area (Å²) in [7, 11) is 0. The summed E-state index contributed by atoms with van der Waals surface area (Å²) in [5.41, 5.74) is 1.76. The second-order valence-corrected chi connectivity index (χ2v) is 5.29. The van der Waals surface area contributed by atoms with Crippen molar-refractivity contribution in [2.24, 2.45) is 11.8 Å². The van der Waals surface area contributed by atoms with Crippen molar-refractivity contribution in [1.29, 1.82) is 0 Å². The smallest absolute Gasteiger partial charge is 0.123 e. The van der Waals surface area contributed by atoms with Crippen LogP contribution in [-0.2, 0) is 0 Å². The minimum absolute atomic E-state index is 0.255. The van der Waals surface area contributed by atoms with E-state index in [1.54, 1.807) is 6.07 Å². The number of aliphatic hydroxyl groups is 1. The molecule has 0 spiro atoms. The van der Waals surface area contributed by atoms with Gasteiger partial charge >= 0.3 is 0 Å². The summed E-state index contributed by atoms with van der Waals surface area (Å²) in [5, 5.41) is 10.4. The molecule has 1 aromatic carbocycles. The van der Waals surface area contributed by atoms with E-state index in [0.29, 0.717) is 5.92 Å². The Morgan fingerprint density at radius 3 is 2.82 bits per heavy atom. The molecule has 0 amide bonds. The Kier molecular flexibility index (Phi) is 3.82. The quantitative estimate of drug-likeness (QED) is 0.841. The van der Waals surface area contributed by atoms with Crippen LogP contribution in [0.3, 0.4) is 0 Å². The van der Waals surface area contributed by atoms with Crippen LogP contribution in [0.25, 0.3) is 0 Å². The van der Waals surface area contributed by atoms with E-state index in [0.717, 1.165) is 29.9 Å². The van der Waals surface area contributed by atoms with Gasteiger partial charge in [0, 0.05) is 0 Å². The molecule has 17 heavy (non-hydrogen) atoms. The van der Waals surface area contributed by atoms with E-state index in [1.807, 2.05) is 6.92 Å². The zero-order chi connectivity index (χ0) is 12.4. The molecule has 1 aliphatic rings. The summed E-state index contributed by atoms with van der Waals surface area (Å²) in [6.45, 7) is 4.14. The van der Waals surface area contributed by atoms with Gasteiger partial charge in [0.2, 0.25) is 0 Å². The first-order valence-corrected chi connectivity index (χ1v) is 6.56. The molecule has 94 valence electrons. The minimum atomic E-state index is -0.498. The first-order valence-electron chi connectivity index (χ1n) is 6.56. The summed E-state index contributed by atoms with van der Waals surface area (Å²) in [5.74, 6) is 0.790. The molecule has 2 rings (SSSR count). The lowest BCUT2D eigenvalue weighted by Crippen LogP contribution is -2.11. The maximum absolute atomic E-state index is 13.2. The number of rotatable bonds is 3. The van der Waals surface area contributed by atoms with Gasteiger partial charge in [0.05, 0.1) is 6.10 Å². The van der Waals surface area contributed by atoms with E-state index >= 15 is 0 Å². The maximum Gasteiger partial charge on any atom is 0.123 e. The van der Waals surface area contributed by atoms with Gasteiger partial charge in [0.15, 0.2) is 0 Å². The Bertz CT molecular complexity index is 389. The third-order valence-corrected chi connectivity index (χ3v) is 4.17. The van der Waals surface area contributed by atoms with Crippen LogP contribution in [0.1, 0.15) is 49.8 Å². The summed E-state index contributed by atoms with van der Waals surface area (Å²) in [6, 6.07) is 4.69. The second-order valence-electron chi connectivity index (χ2n) is 5.29. The van der Waals surface area contributed by atoms with Crippen LogP contribution in [0.5, 0.6) is 0 Å². The molecule has 0 heterocycles. The number of aryl methyl sites for hydroxylation is 1. The molecular formula is C15H21FO. The van der Waals surface area contributed by atoms with Gasteiger partial charge in [-0.3, -0.25) is 0 Å². The van der Waals surface area contributed by atoms with Gasteiger partial charge in [-0.05, 0) is 54.9 Å². The molecule has 1 fully saturated rings. The molecule has 0 radical (unpaired) electrons. The molecule has 0 saturated heterocycles. The summed E-state index contributed by atoms with van der Waals surface area (Å²) in [6.07, 6.45) is 4.03. The van der Waals surface area contributed by atoms with Crippen LogP contribution >= 0.6 is 0 Å². The van der Waals surface area contributed by atoms with E-state index in [-0.39, 0.29) is 5.82 Å². The van der Waals surface area contributed by atoms with Crippen molar-refractivity contribution < 1.29 is 9.50 Å². The van der Waals surface area contributed by atoms with Crippen molar-refractivity contribution in [3.05, 3.63) is 35.1 Å². The first-order chi connectivity index (χ1) is 8.11. The van der Waals surface area contributed by atoms with Gasteiger partial charge in [-0.25, -0.2) is 4.39 Å². The van der Waals surface area contributed by atoms with Gasteiger partial charge in [-0.1, -0.05) is 25.8 Å². The van der Waals surface area contributed by atoms with Crippen LogP contribution in [0.15, 0.2) is 18.2 Å². The fourth-order valence-electron chi connectivity index (χ4n) is 2.96. The third-order valence-electron chi connectivity index (χ3n) is 4.17. The van der Waals surface area contributed by atoms with Crippen LogP contribution in [0, 0.1) is 24.6 Å². The number of benzene rings is 1. The molecule has 1 N–H and O–H groups in total. The average Bonchev–Trinajstić information content (AvgIpc) is 2.80. The van der Waals surface area contributed by atoms with Crippen molar-refractivity contribution in [2.75, 3.05) is 0 Å². The lowest BCUT2D eigenvalue weighted by atomic mass is 9.90. The van der Waals surface area contributed by atoms with E-state index in [2.05, 4.69) is 6.92 Å². The van der Waals surface area contributed by atoms with E-state index in [1.165, 1.54) is 25.0 Å². The highest BCUT2D eigenvalue weighted by molar-refractivity contribution is 5.29. The summed E-state index contributed by atoms with van der Waals surface area (Å²) in [4.78, 5) is 0. The van der Waals surface area contributed by atoms with Crippen molar-refractivity contribution in [1.82, 2.24) is 0 Å². The van der Waals surface area contributed by atoms with E-state index < -0.39 is 6.10 Å². The summed E-state index contributed by atoms with van der Waals surface area (Å²) >= 11 is 0. The van der Waals surface area contributed by atoms with Gasteiger partial charge in [-0.15, -0.1) is 0 Å². The standard InChI is InChI=1S/C15H21FO/c1-3-11-5-6-12(8-11)15(17)14-9-13(16)7-4-10(14)2/h4,7,9,11-12,15,17H,3,5-6,8H2,1-2H3. The molecule has 1 nitrogen and oxygen atoms in total. The lowest BCUT2D eigenvalue weighted by Gasteiger charge is -2.20. The SMILES string of the molecule is CCC1CCC(C(O)c2cc(F)ccc2C)C1. The zero-order valence-electron chi connectivity index (χ0n) is 10.6. The number of hydrogen-bond donors (Lipinski definition) is 1. The zero-order valence-corrected chi connectivity index (χ0v) is 10.6. The molecule has 0 aliphatic heterocycles. The average molecular weight is 236 g/mol. The largest absolute Gasteiger partial charge is 0.388 e. The molecule has 1 aromatic rings. The minimum Gasteiger partial charge on any atom is -0.388 e. The van der Waals surface area contributed by atoms with Crippen LogP contribution in [-0.4, -0.2) is 5.11 Å². The Hall–Kier alpha value is -0.890. The van der Waals surface area contributed by atoms with Crippen molar-refractivity contribution in [2.45, 2.75) is 45.6 Å². The fraction of sp³-hybridized carbons (Fsp3) is 0.600. The van der Waals surface area contributed by atoms with Crippen LogP contribution < -0.4 is 0 Å². The number of hydrogen-bond acceptors (Lipinski definition) is 1.